The van der Waals surface area contributed by atoms with Crippen molar-refractivity contribution in [3.8, 4) is 0 Å². The number of benzene rings is 2. The molecule has 2 aliphatic carbocycles. The summed E-state index contributed by atoms with van der Waals surface area (Å²) in [7, 11) is -7.94. The third-order valence-corrected chi connectivity index (χ3v) is 9.46. The van der Waals surface area contributed by atoms with E-state index in [-0.39, 0.29) is 39.2 Å². The van der Waals surface area contributed by atoms with Crippen LogP contribution in [0, 0.1) is 5.92 Å². The first-order chi connectivity index (χ1) is 17.4. The molecule has 1 atom stereocenters. The van der Waals surface area contributed by atoms with E-state index in [2.05, 4.69) is 14.4 Å². The Labute approximate surface area is 216 Å². The number of anilines is 2. The number of nitrogens with zero attached hydrogens (tertiary/aromatic N) is 1. The molecule has 1 unspecified atom stereocenters. The predicted molar refractivity (Wildman–Crippen MR) is 143 cm³/mol. The molecule has 3 N–H and O–H groups in total. The molecule has 0 bridgehead atoms. The summed E-state index contributed by atoms with van der Waals surface area (Å²) >= 11 is 0. The van der Waals surface area contributed by atoms with Crippen molar-refractivity contribution < 1.29 is 26.7 Å². The Bertz CT molecular complexity index is 1570. The largest absolute Gasteiger partial charge is 0.506 e. The molecule has 2 aromatic rings. The van der Waals surface area contributed by atoms with Gasteiger partial charge in [0.2, 0.25) is 10.0 Å². The normalized spacial score (nSPS) is 23.2. The molecule has 0 aromatic heterocycles. The lowest BCUT2D eigenvalue weighted by atomic mass is 9.66. The summed E-state index contributed by atoms with van der Waals surface area (Å²) in [5.74, 6) is -0.409. The van der Waals surface area contributed by atoms with E-state index in [1.807, 2.05) is 19.1 Å². The number of rotatable bonds is 6. The summed E-state index contributed by atoms with van der Waals surface area (Å²) in [4.78, 5) is 13.8. The quantitative estimate of drug-likeness (QED) is 0.492. The van der Waals surface area contributed by atoms with E-state index >= 15 is 0 Å². The molecule has 1 heterocycles. The van der Waals surface area contributed by atoms with E-state index in [0.717, 1.165) is 37.1 Å². The van der Waals surface area contributed by atoms with Gasteiger partial charge in [-0.1, -0.05) is 49.9 Å². The molecule has 1 fully saturated rings. The van der Waals surface area contributed by atoms with Gasteiger partial charge in [-0.15, -0.1) is 4.40 Å². The highest BCUT2D eigenvalue weighted by Crippen LogP contribution is 2.45. The second-order valence-corrected chi connectivity index (χ2v) is 13.6. The molecule has 1 saturated carbocycles. The topological polar surface area (TPSA) is 142 Å². The van der Waals surface area contributed by atoms with Crippen LogP contribution in [0.5, 0.6) is 0 Å². The SMILES string of the molecule is CC1(CCC2CCCC2)C(=O)C(C2=NS(=O)(=O)c3cc(NS(C)(=O)=O)ccc3N2)=C(O)c2ccccc21. The smallest absolute Gasteiger partial charge is 0.286 e. The summed E-state index contributed by atoms with van der Waals surface area (Å²) in [5.41, 5.74) is 0.262. The number of sulfonamides is 2. The van der Waals surface area contributed by atoms with Crippen molar-refractivity contribution in [2.45, 2.75) is 55.8 Å². The van der Waals surface area contributed by atoms with Gasteiger partial charge in [0.1, 0.15) is 16.2 Å². The maximum absolute atomic E-state index is 14.0. The molecule has 0 saturated heterocycles. The summed E-state index contributed by atoms with van der Waals surface area (Å²) in [6, 6.07) is 11.1. The second kappa shape index (κ2) is 8.98. The highest BCUT2D eigenvalue weighted by molar-refractivity contribution is 7.92. The molecule has 1 aliphatic heterocycles. The van der Waals surface area contributed by atoms with Gasteiger partial charge in [0.25, 0.3) is 10.0 Å². The minimum absolute atomic E-state index is 0.0643. The molecule has 0 spiro atoms. The third-order valence-electron chi connectivity index (χ3n) is 7.53. The number of Topliss-reactive ketones (excluding diaryl/α,β-unsaturated/α-hetero) is 1. The fourth-order valence-electron chi connectivity index (χ4n) is 5.62. The Morgan fingerprint density at radius 1 is 1.16 bits per heavy atom. The van der Waals surface area contributed by atoms with Crippen molar-refractivity contribution in [1.82, 2.24) is 0 Å². The van der Waals surface area contributed by atoms with Crippen LogP contribution in [0.15, 0.2) is 57.3 Å². The van der Waals surface area contributed by atoms with Crippen molar-refractivity contribution in [3.05, 3.63) is 59.2 Å². The van der Waals surface area contributed by atoms with E-state index < -0.39 is 25.5 Å². The first-order valence-electron chi connectivity index (χ1n) is 12.2. The molecule has 5 rings (SSSR count). The van der Waals surface area contributed by atoms with E-state index in [4.69, 9.17) is 0 Å². The molecule has 0 amide bonds. The zero-order valence-electron chi connectivity index (χ0n) is 20.6. The van der Waals surface area contributed by atoms with Gasteiger partial charge in [0, 0.05) is 11.3 Å². The van der Waals surface area contributed by atoms with Crippen LogP contribution in [0.3, 0.4) is 0 Å². The maximum Gasteiger partial charge on any atom is 0.286 e. The standard InChI is InChI=1S/C26H29N3O6S2/c1-26(14-13-16-7-3-4-8-16)19-10-6-5-9-18(19)23(30)22(24(26)31)25-27-20-12-11-17(28-36(2,32)33)15-21(20)37(34,35)29-25/h5-6,9-12,15-16,28,30H,3-4,7-8,13-14H2,1-2H3,(H,27,29). The van der Waals surface area contributed by atoms with Gasteiger partial charge < -0.3 is 10.4 Å². The molecular weight excluding hydrogens is 514 g/mol. The van der Waals surface area contributed by atoms with Crippen molar-refractivity contribution in [1.29, 1.82) is 0 Å². The Kier molecular flexibility index (Phi) is 6.18. The van der Waals surface area contributed by atoms with Gasteiger partial charge in [-0.3, -0.25) is 9.52 Å². The zero-order valence-corrected chi connectivity index (χ0v) is 22.2. The van der Waals surface area contributed by atoms with Gasteiger partial charge in [0.15, 0.2) is 11.6 Å². The number of carbonyl (C=O) groups is 1. The lowest BCUT2D eigenvalue weighted by Crippen LogP contribution is -2.42. The average Bonchev–Trinajstić information content (AvgIpc) is 3.35. The number of ketones is 1. The van der Waals surface area contributed by atoms with Crippen LogP contribution in [-0.2, 0) is 30.3 Å². The van der Waals surface area contributed by atoms with Gasteiger partial charge in [0.05, 0.1) is 17.4 Å². The van der Waals surface area contributed by atoms with Crippen molar-refractivity contribution in [3.63, 3.8) is 0 Å². The minimum Gasteiger partial charge on any atom is -0.506 e. The average molecular weight is 544 g/mol. The fraction of sp³-hybridized carbons (Fsp3) is 0.385. The van der Waals surface area contributed by atoms with Crippen LogP contribution in [-0.4, -0.2) is 39.8 Å². The summed E-state index contributed by atoms with van der Waals surface area (Å²) in [6.45, 7) is 1.85. The first-order valence-corrected chi connectivity index (χ1v) is 15.5. The Morgan fingerprint density at radius 2 is 1.86 bits per heavy atom. The molecule has 37 heavy (non-hydrogen) atoms. The summed E-state index contributed by atoms with van der Waals surface area (Å²) in [5, 5.41) is 14.1. The monoisotopic (exact) mass is 543 g/mol. The molecule has 11 heteroatoms. The Hall–Kier alpha value is -3.18. The lowest BCUT2D eigenvalue weighted by Gasteiger charge is -2.36. The van der Waals surface area contributed by atoms with Gasteiger partial charge in [-0.25, -0.2) is 8.42 Å². The third kappa shape index (κ3) is 4.66. The first kappa shape index (κ1) is 25.5. The minimum atomic E-state index is -4.31. The fourth-order valence-corrected chi connectivity index (χ4v) is 7.32. The van der Waals surface area contributed by atoms with E-state index in [0.29, 0.717) is 17.9 Å². The van der Waals surface area contributed by atoms with Crippen molar-refractivity contribution in [2.75, 3.05) is 16.3 Å². The summed E-state index contributed by atoms with van der Waals surface area (Å²) < 4.78 is 55.6. The van der Waals surface area contributed by atoms with Crippen molar-refractivity contribution >= 4 is 48.8 Å². The number of hydrogen-bond donors (Lipinski definition) is 3. The van der Waals surface area contributed by atoms with Crippen LogP contribution >= 0.6 is 0 Å². The zero-order chi connectivity index (χ0) is 26.6. The van der Waals surface area contributed by atoms with Crippen LogP contribution < -0.4 is 10.0 Å². The number of aliphatic hydroxyl groups is 1. The highest BCUT2D eigenvalue weighted by atomic mass is 32.2. The number of amidine groups is 1. The maximum atomic E-state index is 14.0. The van der Waals surface area contributed by atoms with Gasteiger partial charge in [-0.05, 0) is 49.4 Å². The Balaban J connectivity index is 1.57. The van der Waals surface area contributed by atoms with Crippen LogP contribution in [0.1, 0.15) is 56.6 Å². The van der Waals surface area contributed by atoms with Crippen molar-refractivity contribution in [2.24, 2.45) is 10.3 Å². The number of fused-ring (bicyclic) bond motifs is 2. The second-order valence-electron chi connectivity index (χ2n) is 10.2. The van der Waals surface area contributed by atoms with E-state index in [1.54, 1.807) is 12.1 Å². The molecule has 2 aromatic carbocycles. The predicted octanol–water partition coefficient (Wildman–Crippen LogP) is 4.35. The summed E-state index contributed by atoms with van der Waals surface area (Å²) in [6.07, 6.45) is 7.05. The Morgan fingerprint density at radius 3 is 2.57 bits per heavy atom. The highest BCUT2D eigenvalue weighted by Gasteiger charge is 2.46. The molecule has 196 valence electrons. The van der Waals surface area contributed by atoms with Crippen LogP contribution in [0.2, 0.25) is 0 Å². The molecule has 9 nitrogen and oxygen atoms in total. The van der Waals surface area contributed by atoms with E-state index in [9.17, 15) is 26.7 Å². The van der Waals surface area contributed by atoms with E-state index in [1.165, 1.54) is 25.0 Å². The molecule has 0 radical (unpaired) electrons. The number of aliphatic hydroxyl groups excluding tert-OH is 1. The number of hydrogen-bond acceptors (Lipinski definition) is 7. The molecular formula is C26H29N3O6S2. The van der Waals surface area contributed by atoms with Gasteiger partial charge >= 0.3 is 0 Å². The van der Waals surface area contributed by atoms with Crippen LogP contribution in [0.25, 0.3) is 5.76 Å². The van der Waals surface area contributed by atoms with Gasteiger partial charge in [-0.2, -0.15) is 8.42 Å². The number of nitrogens with one attached hydrogen (secondary N) is 2. The number of carbonyl (C=O) groups excluding carboxylic acids is 1. The van der Waals surface area contributed by atoms with Crippen LogP contribution in [0.4, 0.5) is 11.4 Å². The lowest BCUT2D eigenvalue weighted by molar-refractivity contribution is -0.120. The molecule has 3 aliphatic rings.